The number of benzene rings is 1. The standard InChI is InChI=1S/C30H35ClN6O/c1-32-26-11-8-21(18-24(26)31)37-29(19-6-4-5-7-19)23-10-12-25-22(28(23)34-37)9-13-27(33-25)30(38)36-16-14-20(15-17-36)35(2)3/h8-9,11,13,18-20,23,29H,4-7,10,12,14-17H2,2-3H3. The lowest BCUT2D eigenvalue weighted by atomic mass is 9.76. The van der Waals surface area contributed by atoms with E-state index in [9.17, 15) is 4.79 Å². The molecule has 2 fully saturated rings. The van der Waals surface area contributed by atoms with Crippen LogP contribution in [0.15, 0.2) is 35.4 Å². The summed E-state index contributed by atoms with van der Waals surface area (Å²) in [6.45, 7) is 8.92. The van der Waals surface area contributed by atoms with Gasteiger partial charge in [-0.15, -0.1) is 0 Å². The third-order valence-corrected chi connectivity index (χ3v) is 9.41. The molecule has 2 aliphatic carbocycles. The van der Waals surface area contributed by atoms with Gasteiger partial charge < -0.3 is 9.80 Å². The number of nitrogens with zero attached hydrogens (tertiary/aromatic N) is 6. The molecule has 2 atom stereocenters. The topological polar surface area (TPSA) is 56.4 Å². The maximum atomic E-state index is 13.3. The van der Waals surface area contributed by atoms with Crippen LogP contribution in [0.4, 0.5) is 11.4 Å². The van der Waals surface area contributed by atoms with Crippen molar-refractivity contribution in [2.75, 3.05) is 32.2 Å². The first-order chi connectivity index (χ1) is 18.4. The number of pyridine rings is 1. The monoisotopic (exact) mass is 530 g/mol. The summed E-state index contributed by atoms with van der Waals surface area (Å²) >= 11 is 6.45. The van der Waals surface area contributed by atoms with Crippen molar-refractivity contribution in [2.45, 2.75) is 63.5 Å². The zero-order valence-electron chi connectivity index (χ0n) is 22.2. The zero-order chi connectivity index (χ0) is 26.4. The molecule has 8 heteroatoms. The number of aryl methyl sites for hydroxylation is 1. The number of hydrazone groups is 1. The molecule has 198 valence electrons. The normalized spacial score (nSPS) is 23.8. The summed E-state index contributed by atoms with van der Waals surface area (Å²) < 4.78 is 0. The van der Waals surface area contributed by atoms with Crippen LogP contribution in [0.25, 0.3) is 4.85 Å². The molecule has 7 nitrogen and oxygen atoms in total. The zero-order valence-corrected chi connectivity index (χ0v) is 23.0. The van der Waals surface area contributed by atoms with Gasteiger partial charge in [-0.25, -0.2) is 9.83 Å². The Morgan fingerprint density at radius 3 is 2.53 bits per heavy atom. The van der Waals surface area contributed by atoms with E-state index in [1.807, 2.05) is 23.1 Å². The number of amides is 1. The fraction of sp³-hybridized carbons (Fsp3) is 0.533. The number of carbonyl (C=O) groups excluding carboxylic acids is 1. The van der Waals surface area contributed by atoms with Gasteiger partial charge in [-0.1, -0.05) is 30.5 Å². The summed E-state index contributed by atoms with van der Waals surface area (Å²) in [7, 11) is 4.23. The van der Waals surface area contributed by atoms with E-state index in [1.165, 1.54) is 25.7 Å². The second-order valence-corrected chi connectivity index (χ2v) is 11.8. The second-order valence-electron chi connectivity index (χ2n) is 11.4. The van der Waals surface area contributed by atoms with Gasteiger partial charge in [0.2, 0.25) is 5.69 Å². The summed E-state index contributed by atoms with van der Waals surface area (Å²) in [4.78, 5) is 26.0. The molecule has 1 aromatic carbocycles. The van der Waals surface area contributed by atoms with Crippen LogP contribution in [0.3, 0.4) is 0 Å². The van der Waals surface area contributed by atoms with Gasteiger partial charge >= 0.3 is 0 Å². The number of aromatic nitrogens is 1. The SMILES string of the molecule is [C-]#[N+]c1ccc(N2N=C3c4ccc(C(=O)N5CCC(N(C)C)CC5)nc4CCC3C2C2CCCC2)cc1Cl. The highest BCUT2D eigenvalue weighted by Gasteiger charge is 2.46. The highest BCUT2D eigenvalue weighted by molar-refractivity contribution is 6.33. The molecule has 38 heavy (non-hydrogen) atoms. The number of fused-ring (bicyclic) bond motifs is 3. The maximum absolute atomic E-state index is 13.3. The van der Waals surface area contributed by atoms with Crippen LogP contribution >= 0.6 is 11.6 Å². The minimum absolute atomic E-state index is 0.0421. The van der Waals surface area contributed by atoms with Crippen molar-refractivity contribution in [3.8, 4) is 0 Å². The fourth-order valence-corrected chi connectivity index (χ4v) is 7.24. The molecule has 4 aliphatic rings. The number of rotatable bonds is 4. The van der Waals surface area contributed by atoms with Crippen molar-refractivity contribution in [1.82, 2.24) is 14.8 Å². The van der Waals surface area contributed by atoms with E-state index < -0.39 is 0 Å². The molecule has 1 saturated carbocycles. The number of anilines is 1. The highest BCUT2D eigenvalue weighted by atomic mass is 35.5. The van der Waals surface area contributed by atoms with E-state index in [-0.39, 0.29) is 11.9 Å². The van der Waals surface area contributed by atoms with E-state index in [0.29, 0.717) is 34.3 Å². The van der Waals surface area contributed by atoms with E-state index in [2.05, 4.69) is 34.9 Å². The molecule has 2 unspecified atom stereocenters. The van der Waals surface area contributed by atoms with Gasteiger partial charge in [-0.3, -0.25) is 9.80 Å². The van der Waals surface area contributed by atoms with Crippen LogP contribution in [0.2, 0.25) is 5.02 Å². The second kappa shape index (κ2) is 10.3. The number of halogens is 1. The average Bonchev–Trinajstić information content (AvgIpc) is 3.60. The average molecular weight is 531 g/mol. The largest absolute Gasteiger partial charge is 0.337 e. The van der Waals surface area contributed by atoms with E-state index in [0.717, 1.165) is 61.4 Å². The van der Waals surface area contributed by atoms with Gasteiger partial charge in [0.15, 0.2) is 0 Å². The Morgan fingerprint density at radius 2 is 1.84 bits per heavy atom. The Bertz CT molecular complexity index is 1300. The summed E-state index contributed by atoms with van der Waals surface area (Å²) in [5, 5.41) is 7.86. The smallest absolute Gasteiger partial charge is 0.272 e. The summed E-state index contributed by atoms with van der Waals surface area (Å²) in [5.74, 6) is 0.958. The Kier molecular flexibility index (Phi) is 6.88. The molecular weight excluding hydrogens is 496 g/mol. The van der Waals surface area contributed by atoms with Crippen LogP contribution in [0.1, 0.15) is 66.7 Å². The number of likely N-dealkylation sites (tertiary alicyclic amines) is 1. The number of hydrogen-bond donors (Lipinski definition) is 0. The third-order valence-electron chi connectivity index (χ3n) is 9.10. The van der Waals surface area contributed by atoms with Gasteiger partial charge in [-0.05, 0) is 82.8 Å². The van der Waals surface area contributed by atoms with Crippen molar-refractivity contribution >= 4 is 34.6 Å². The number of piperidine rings is 1. The van der Waals surface area contributed by atoms with E-state index >= 15 is 0 Å². The molecule has 0 N–H and O–H groups in total. The van der Waals surface area contributed by atoms with Gasteiger partial charge in [0, 0.05) is 35.6 Å². The van der Waals surface area contributed by atoms with Crippen molar-refractivity contribution in [3.05, 3.63) is 63.7 Å². The molecule has 1 aromatic heterocycles. The molecule has 6 rings (SSSR count). The van der Waals surface area contributed by atoms with E-state index in [4.69, 9.17) is 28.3 Å². The quantitative estimate of drug-likeness (QED) is 0.469. The Balaban J connectivity index is 1.29. The lowest BCUT2D eigenvalue weighted by Gasteiger charge is -2.35. The van der Waals surface area contributed by atoms with Gasteiger partial charge in [0.05, 0.1) is 29.7 Å². The van der Waals surface area contributed by atoms with Crippen LogP contribution in [-0.4, -0.2) is 65.7 Å². The first kappa shape index (κ1) is 25.3. The van der Waals surface area contributed by atoms with Gasteiger partial charge in [0.25, 0.3) is 5.91 Å². The lowest BCUT2D eigenvalue weighted by Crippen LogP contribution is -2.44. The summed E-state index contributed by atoms with van der Waals surface area (Å²) in [6, 6.07) is 10.5. The van der Waals surface area contributed by atoms with Crippen molar-refractivity contribution in [2.24, 2.45) is 16.9 Å². The van der Waals surface area contributed by atoms with Crippen LogP contribution in [-0.2, 0) is 6.42 Å². The molecule has 0 radical (unpaired) electrons. The summed E-state index contributed by atoms with van der Waals surface area (Å²) in [5.41, 5.74) is 5.13. The molecule has 0 bridgehead atoms. The van der Waals surface area contributed by atoms with Crippen molar-refractivity contribution < 1.29 is 4.79 Å². The van der Waals surface area contributed by atoms with Crippen LogP contribution < -0.4 is 5.01 Å². The Morgan fingerprint density at radius 1 is 1.08 bits per heavy atom. The highest BCUT2D eigenvalue weighted by Crippen LogP contribution is 2.45. The number of carbonyl (C=O) groups is 1. The maximum Gasteiger partial charge on any atom is 0.272 e. The van der Waals surface area contributed by atoms with Gasteiger partial charge in [-0.2, -0.15) is 5.10 Å². The Hall–Kier alpha value is -2.95. The van der Waals surface area contributed by atoms with E-state index in [1.54, 1.807) is 6.07 Å². The fourth-order valence-electron chi connectivity index (χ4n) is 7.02. The lowest BCUT2D eigenvalue weighted by molar-refractivity contribution is 0.0657. The van der Waals surface area contributed by atoms with Crippen molar-refractivity contribution in [1.29, 1.82) is 0 Å². The molecule has 1 amide bonds. The van der Waals surface area contributed by atoms with Crippen LogP contribution in [0.5, 0.6) is 0 Å². The molecular formula is C30H35ClN6O. The third kappa shape index (κ3) is 4.48. The first-order valence-corrected chi connectivity index (χ1v) is 14.3. The van der Waals surface area contributed by atoms with Crippen LogP contribution in [0, 0.1) is 18.4 Å². The molecule has 2 aliphatic heterocycles. The minimum atomic E-state index is 0.0421. The van der Waals surface area contributed by atoms with Gasteiger partial charge in [0.1, 0.15) is 5.69 Å². The Labute approximate surface area is 230 Å². The molecule has 0 spiro atoms. The molecule has 2 aromatic rings. The molecule has 3 heterocycles. The number of hydrogen-bond acceptors (Lipinski definition) is 5. The minimum Gasteiger partial charge on any atom is -0.337 e. The summed E-state index contributed by atoms with van der Waals surface area (Å²) in [6.07, 6.45) is 8.82. The van der Waals surface area contributed by atoms with Crippen molar-refractivity contribution in [3.63, 3.8) is 0 Å². The first-order valence-electron chi connectivity index (χ1n) is 14.0. The molecule has 1 saturated heterocycles. The predicted molar refractivity (Wildman–Crippen MR) is 151 cm³/mol. The predicted octanol–water partition coefficient (Wildman–Crippen LogP) is 5.80.